The predicted molar refractivity (Wildman–Crippen MR) is 209 cm³/mol. The van der Waals surface area contributed by atoms with Gasteiger partial charge in [-0.05, 0) is 62.2 Å². The number of rotatable bonds is 17. The molecule has 0 unspecified atom stereocenters. The number of aryl methyl sites for hydroxylation is 1. The second kappa shape index (κ2) is 18.5. The molecule has 0 spiro atoms. The van der Waals surface area contributed by atoms with Gasteiger partial charge in [-0.2, -0.15) is 10.4 Å². The predicted octanol–water partition coefficient (Wildman–Crippen LogP) is 6.95. The van der Waals surface area contributed by atoms with Crippen molar-refractivity contribution in [1.82, 2.24) is 29.5 Å². The first-order valence-electron chi connectivity index (χ1n) is 18.4. The van der Waals surface area contributed by atoms with Crippen LogP contribution in [0.2, 0.25) is 5.02 Å². The summed E-state index contributed by atoms with van der Waals surface area (Å²) >= 11 is 8.16. The molecule has 12 nitrogen and oxygen atoms in total. The molecule has 6 rings (SSSR count). The van der Waals surface area contributed by atoms with Gasteiger partial charge in [0.25, 0.3) is 0 Å². The Kier molecular flexibility index (Phi) is 13.4. The van der Waals surface area contributed by atoms with E-state index in [-0.39, 0.29) is 18.9 Å². The number of hydrogen-bond acceptors (Lipinski definition) is 12. The van der Waals surface area contributed by atoms with Crippen LogP contribution in [-0.2, 0) is 29.1 Å². The third-order valence-corrected chi connectivity index (χ3v) is 11.0. The van der Waals surface area contributed by atoms with Crippen molar-refractivity contribution >= 4 is 39.1 Å². The van der Waals surface area contributed by atoms with Gasteiger partial charge in [-0.1, -0.05) is 49.2 Å². The van der Waals surface area contributed by atoms with Crippen LogP contribution in [0.15, 0.2) is 55.0 Å². The molecule has 1 aliphatic heterocycles. The Balaban J connectivity index is 1.27. The van der Waals surface area contributed by atoms with E-state index >= 15 is 0 Å². The summed E-state index contributed by atoms with van der Waals surface area (Å²) < 4.78 is 26.4. The summed E-state index contributed by atoms with van der Waals surface area (Å²) in [4.78, 5) is 28.2. The highest BCUT2D eigenvalue weighted by atomic mass is 35.5. The molecule has 0 aliphatic carbocycles. The fraction of sp³-hybridized carbons (Fsp3) is 0.425. The number of carbonyl (C=O) groups is 1. The van der Waals surface area contributed by atoms with E-state index in [0.29, 0.717) is 50.4 Å². The summed E-state index contributed by atoms with van der Waals surface area (Å²) in [6.07, 6.45) is 4.29. The summed E-state index contributed by atoms with van der Waals surface area (Å²) in [5.41, 5.74) is 3.76. The molecule has 1 saturated heterocycles. The van der Waals surface area contributed by atoms with Crippen molar-refractivity contribution in [3.05, 3.63) is 81.7 Å². The minimum atomic E-state index is -1.08. The molecule has 0 radical (unpaired) electrons. The molecule has 1 fully saturated rings. The zero-order valence-corrected chi connectivity index (χ0v) is 32.8. The summed E-state index contributed by atoms with van der Waals surface area (Å²) in [7, 11) is 2.14. The Morgan fingerprint density at radius 1 is 1.04 bits per heavy atom. The molecule has 284 valence electrons. The maximum atomic E-state index is 13.5. The average molecular weight is 772 g/mol. The van der Waals surface area contributed by atoms with E-state index < -0.39 is 12.1 Å². The fourth-order valence-corrected chi connectivity index (χ4v) is 7.59. The summed E-state index contributed by atoms with van der Waals surface area (Å²) in [5, 5.41) is 15.7. The van der Waals surface area contributed by atoms with Crippen molar-refractivity contribution in [2.75, 3.05) is 53.0 Å². The Bertz CT molecular complexity index is 2090. The normalized spacial score (nSPS) is 14.1. The van der Waals surface area contributed by atoms with Gasteiger partial charge in [-0.25, -0.2) is 14.8 Å². The maximum absolute atomic E-state index is 13.5. The fourth-order valence-electron chi connectivity index (χ4n) is 6.43. The average Bonchev–Trinajstić information content (AvgIpc) is 3.80. The Morgan fingerprint density at radius 3 is 2.63 bits per heavy atom. The molecule has 0 amide bonds. The number of aromatic nitrogens is 4. The number of piperazine rings is 1. The summed E-state index contributed by atoms with van der Waals surface area (Å²) in [6, 6.07) is 15.6. The third kappa shape index (κ3) is 9.13. The van der Waals surface area contributed by atoms with Gasteiger partial charge in [-0.3, -0.25) is 9.58 Å². The van der Waals surface area contributed by atoms with Crippen LogP contribution in [0.4, 0.5) is 0 Å². The molecule has 54 heavy (non-hydrogen) atoms. The molecular formula is C40H46ClN7O5S. The molecule has 0 saturated carbocycles. The van der Waals surface area contributed by atoms with Crippen molar-refractivity contribution in [3.8, 4) is 34.6 Å². The summed E-state index contributed by atoms with van der Waals surface area (Å²) in [6.45, 7) is 12.5. The highest BCUT2D eigenvalue weighted by Crippen LogP contribution is 2.45. The van der Waals surface area contributed by atoms with Crippen LogP contribution in [0.25, 0.3) is 21.3 Å². The van der Waals surface area contributed by atoms with Crippen LogP contribution < -0.4 is 14.2 Å². The smallest absolute Gasteiger partial charge is 0.347 e. The standard InChI is InChI=1S/C40H46ClN7O5S/c1-5-7-16-48-29(14-15-45-48)25-52-31-11-9-8-10-28(31)23-33(40(49)50-6-2)53-38-36-35(34(24-42)54-39(36)44-26-43-38)30-12-13-32(37(41)27(30)3)51-22-21-47-19-17-46(4)18-20-47/h8-15,26,33H,5-7,16-23,25H2,1-4H3/t33-/m1/s1. The van der Waals surface area contributed by atoms with Gasteiger partial charge in [-0.15, -0.1) is 11.3 Å². The van der Waals surface area contributed by atoms with E-state index in [0.717, 1.165) is 74.5 Å². The number of thiophene rings is 1. The van der Waals surface area contributed by atoms with Gasteiger partial charge >= 0.3 is 5.97 Å². The number of carbonyl (C=O) groups excluding carboxylic acids is 1. The number of benzene rings is 2. The number of hydrogen-bond donors (Lipinski definition) is 0. The number of likely N-dealkylation sites (N-methyl/N-ethyl adjacent to an activating group) is 1. The van der Waals surface area contributed by atoms with Crippen molar-refractivity contribution in [3.63, 3.8) is 0 Å². The number of nitrogens with zero attached hydrogens (tertiary/aromatic N) is 7. The first-order chi connectivity index (χ1) is 26.3. The molecule has 3 aromatic heterocycles. The molecule has 14 heteroatoms. The Labute approximate surface area is 325 Å². The van der Waals surface area contributed by atoms with Gasteiger partial charge in [0.15, 0.2) is 0 Å². The molecule has 0 N–H and O–H groups in total. The van der Waals surface area contributed by atoms with Crippen molar-refractivity contribution < 1.29 is 23.7 Å². The first-order valence-corrected chi connectivity index (χ1v) is 19.6. The monoisotopic (exact) mass is 771 g/mol. The highest BCUT2D eigenvalue weighted by molar-refractivity contribution is 7.19. The zero-order valence-electron chi connectivity index (χ0n) is 31.2. The Morgan fingerprint density at radius 2 is 1.85 bits per heavy atom. The highest BCUT2D eigenvalue weighted by Gasteiger charge is 2.29. The maximum Gasteiger partial charge on any atom is 0.347 e. The second-order valence-corrected chi connectivity index (χ2v) is 14.6. The number of halogens is 1. The van der Waals surface area contributed by atoms with Crippen LogP contribution in [0.5, 0.6) is 17.4 Å². The van der Waals surface area contributed by atoms with Crippen LogP contribution in [0.3, 0.4) is 0 Å². The molecular weight excluding hydrogens is 726 g/mol. The van der Waals surface area contributed by atoms with Crippen LogP contribution in [-0.4, -0.2) is 94.6 Å². The molecule has 1 aliphatic rings. The third-order valence-electron chi connectivity index (χ3n) is 9.52. The zero-order chi connectivity index (χ0) is 38.0. The lowest BCUT2D eigenvalue weighted by atomic mass is 9.98. The van der Waals surface area contributed by atoms with E-state index in [4.69, 9.17) is 30.5 Å². The first kappa shape index (κ1) is 39.0. The molecule has 4 heterocycles. The summed E-state index contributed by atoms with van der Waals surface area (Å²) in [5.74, 6) is 0.801. The second-order valence-electron chi connectivity index (χ2n) is 13.2. The number of nitriles is 1. The van der Waals surface area contributed by atoms with Crippen LogP contribution in [0.1, 0.15) is 48.4 Å². The minimum absolute atomic E-state index is 0.144. The van der Waals surface area contributed by atoms with E-state index in [9.17, 15) is 10.1 Å². The lowest BCUT2D eigenvalue weighted by Crippen LogP contribution is -2.45. The van der Waals surface area contributed by atoms with Crippen molar-refractivity contribution in [2.45, 2.75) is 59.3 Å². The van der Waals surface area contributed by atoms with Crippen molar-refractivity contribution in [1.29, 1.82) is 5.26 Å². The van der Waals surface area contributed by atoms with E-state index in [1.54, 1.807) is 13.1 Å². The minimum Gasteiger partial charge on any atom is -0.491 e. The largest absolute Gasteiger partial charge is 0.491 e. The van der Waals surface area contributed by atoms with E-state index in [1.165, 1.54) is 17.7 Å². The number of esters is 1. The van der Waals surface area contributed by atoms with Gasteiger partial charge < -0.3 is 23.8 Å². The van der Waals surface area contributed by atoms with Gasteiger partial charge in [0.1, 0.15) is 46.8 Å². The number of ether oxygens (including phenoxy) is 4. The lowest BCUT2D eigenvalue weighted by Gasteiger charge is -2.32. The number of fused-ring (bicyclic) bond motifs is 1. The van der Waals surface area contributed by atoms with Gasteiger partial charge in [0, 0.05) is 57.4 Å². The van der Waals surface area contributed by atoms with E-state index in [1.807, 2.05) is 54.1 Å². The van der Waals surface area contributed by atoms with Crippen LogP contribution in [0, 0.1) is 18.3 Å². The van der Waals surface area contributed by atoms with Gasteiger partial charge in [0.05, 0.1) is 22.7 Å². The number of para-hydroxylation sites is 1. The molecule has 2 aromatic carbocycles. The topological polar surface area (TPSA) is 128 Å². The van der Waals surface area contributed by atoms with Crippen LogP contribution >= 0.6 is 22.9 Å². The molecule has 0 bridgehead atoms. The Hall–Kier alpha value is -4.74. The lowest BCUT2D eigenvalue weighted by molar-refractivity contribution is -0.151. The number of unbranched alkanes of at least 4 members (excludes halogenated alkanes) is 1. The van der Waals surface area contributed by atoms with Gasteiger partial charge in [0.2, 0.25) is 12.0 Å². The van der Waals surface area contributed by atoms with Crippen molar-refractivity contribution in [2.24, 2.45) is 0 Å². The van der Waals surface area contributed by atoms with E-state index in [2.05, 4.69) is 44.9 Å². The quantitative estimate of drug-likeness (QED) is 0.0912. The molecule has 1 atom stereocenters. The SMILES string of the molecule is CCCCn1nccc1COc1ccccc1C[C@@H](Oc1ncnc2sc(C#N)c(-c3ccc(OCCN4CCN(C)CC4)c(Cl)c3C)c12)C(=O)OCC. The molecule has 5 aromatic rings.